The molecule has 2 aromatic rings. The van der Waals surface area contributed by atoms with Gasteiger partial charge >= 0.3 is 0 Å². The minimum absolute atomic E-state index is 0.648. The van der Waals surface area contributed by atoms with E-state index in [1.54, 1.807) is 0 Å². The zero-order valence-corrected chi connectivity index (χ0v) is 13.6. The molecule has 0 saturated heterocycles. The SMILES string of the molecule is ClCCN(Cc1ccccc1)CC1Cc2ccccc2S1. The van der Waals surface area contributed by atoms with E-state index >= 15 is 0 Å². The number of hydrogen-bond donors (Lipinski definition) is 0. The van der Waals surface area contributed by atoms with Gasteiger partial charge in [-0.1, -0.05) is 48.5 Å². The fraction of sp³-hybridized carbons (Fsp3) is 0.333. The maximum atomic E-state index is 5.99. The predicted octanol–water partition coefficient (Wildman–Crippen LogP) is 4.44. The molecule has 0 amide bonds. The van der Waals surface area contributed by atoms with Gasteiger partial charge in [0, 0.05) is 35.7 Å². The molecule has 0 aromatic heterocycles. The van der Waals surface area contributed by atoms with Gasteiger partial charge in [0.1, 0.15) is 0 Å². The normalized spacial score (nSPS) is 17.1. The molecule has 110 valence electrons. The molecule has 0 bridgehead atoms. The van der Waals surface area contributed by atoms with Crippen molar-refractivity contribution in [1.29, 1.82) is 0 Å². The Hall–Kier alpha value is -0.960. The van der Waals surface area contributed by atoms with Crippen molar-refractivity contribution in [2.45, 2.75) is 23.1 Å². The number of alkyl halides is 1. The summed E-state index contributed by atoms with van der Waals surface area (Å²) in [5, 5.41) is 0.648. The van der Waals surface area contributed by atoms with E-state index in [2.05, 4.69) is 59.5 Å². The van der Waals surface area contributed by atoms with E-state index in [0.29, 0.717) is 11.1 Å². The highest BCUT2D eigenvalue weighted by Crippen LogP contribution is 2.37. The van der Waals surface area contributed by atoms with Gasteiger partial charge in [0.2, 0.25) is 0 Å². The van der Waals surface area contributed by atoms with E-state index in [1.807, 2.05) is 11.8 Å². The van der Waals surface area contributed by atoms with Crippen LogP contribution in [0, 0.1) is 0 Å². The first kappa shape index (κ1) is 15.0. The van der Waals surface area contributed by atoms with Gasteiger partial charge in [-0.3, -0.25) is 4.90 Å². The van der Waals surface area contributed by atoms with Crippen LogP contribution in [-0.4, -0.2) is 29.1 Å². The van der Waals surface area contributed by atoms with Gasteiger partial charge < -0.3 is 0 Å². The van der Waals surface area contributed by atoms with Crippen LogP contribution in [0.2, 0.25) is 0 Å². The highest BCUT2D eigenvalue weighted by atomic mass is 35.5. The molecule has 1 unspecified atom stereocenters. The quantitative estimate of drug-likeness (QED) is 0.724. The lowest BCUT2D eigenvalue weighted by molar-refractivity contribution is 0.282. The van der Waals surface area contributed by atoms with Crippen molar-refractivity contribution in [3.8, 4) is 0 Å². The molecule has 0 fully saturated rings. The molecule has 0 saturated carbocycles. The summed E-state index contributed by atoms with van der Waals surface area (Å²) in [5.74, 6) is 0.692. The molecular formula is C18H20ClNS. The fourth-order valence-corrected chi connectivity index (χ4v) is 4.45. The third-order valence-electron chi connectivity index (χ3n) is 3.83. The van der Waals surface area contributed by atoms with E-state index in [4.69, 9.17) is 11.6 Å². The second kappa shape index (κ2) is 7.35. The van der Waals surface area contributed by atoms with Gasteiger partial charge in [-0.25, -0.2) is 0 Å². The highest BCUT2D eigenvalue weighted by molar-refractivity contribution is 8.00. The number of hydrogen-bond acceptors (Lipinski definition) is 2. The molecule has 21 heavy (non-hydrogen) atoms. The predicted molar refractivity (Wildman–Crippen MR) is 92.2 cm³/mol. The van der Waals surface area contributed by atoms with E-state index in [0.717, 1.165) is 19.6 Å². The Morgan fingerprint density at radius 3 is 2.57 bits per heavy atom. The lowest BCUT2D eigenvalue weighted by Crippen LogP contribution is -2.32. The molecule has 1 aliphatic heterocycles. The first-order chi connectivity index (χ1) is 10.3. The number of thioether (sulfide) groups is 1. The maximum Gasteiger partial charge on any atom is 0.0351 e. The molecule has 1 nitrogen and oxygen atoms in total. The summed E-state index contributed by atoms with van der Waals surface area (Å²) in [5.41, 5.74) is 2.86. The molecule has 3 rings (SSSR count). The largest absolute Gasteiger partial charge is 0.297 e. The summed E-state index contributed by atoms with van der Waals surface area (Å²) in [7, 11) is 0. The minimum atomic E-state index is 0.648. The summed E-state index contributed by atoms with van der Waals surface area (Å²) in [6.07, 6.45) is 1.18. The summed E-state index contributed by atoms with van der Waals surface area (Å²) < 4.78 is 0. The third-order valence-corrected chi connectivity index (χ3v) is 5.30. The maximum absolute atomic E-state index is 5.99. The van der Waals surface area contributed by atoms with Gasteiger partial charge in [-0.05, 0) is 23.6 Å². The van der Waals surface area contributed by atoms with Crippen molar-refractivity contribution < 1.29 is 0 Å². The monoisotopic (exact) mass is 317 g/mol. The van der Waals surface area contributed by atoms with Crippen LogP contribution >= 0.6 is 23.4 Å². The van der Waals surface area contributed by atoms with Crippen molar-refractivity contribution >= 4 is 23.4 Å². The Morgan fingerprint density at radius 2 is 1.81 bits per heavy atom. The summed E-state index contributed by atoms with van der Waals surface area (Å²) in [4.78, 5) is 3.93. The van der Waals surface area contributed by atoms with E-state index < -0.39 is 0 Å². The van der Waals surface area contributed by atoms with Crippen LogP contribution in [0.3, 0.4) is 0 Å². The van der Waals surface area contributed by atoms with Crippen LogP contribution < -0.4 is 0 Å². The van der Waals surface area contributed by atoms with Crippen LogP contribution in [0.15, 0.2) is 59.5 Å². The van der Waals surface area contributed by atoms with Crippen molar-refractivity contribution in [3.63, 3.8) is 0 Å². The Balaban J connectivity index is 1.61. The Morgan fingerprint density at radius 1 is 1.05 bits per heavy atom. The Kier molecular flexibility index (Phi) is 5.23. The van der Waals surface area contributed by atoms with Crippen LogP contribution in [0.4, 0.5) is 0 Å². The van der Waals surface area contributed by atoms with E-state index in [1.165, 1.54) is 22.4 Å². The fourth-order valence-electron chi connectivity index (χ4n) is 2.84. The van der Waals surface area contributed by atoms with Gasteiger partial charge in [0.15, 0.2) is 0 Å². The number of halogens is 1. The molecule has 0 spiro atoms. The molecule has 0 N–H and O–H groups in total. The van der Waals surface area contributed by atoms with Crippen LogP contribution in [0.5, 0.6) is 0 Å². The zero-order valence-electron chi connectivity index (χ0n) is 12.0. The topological polar surface area (TPSA) is 3.24 Å². The number of fused-ring (bicyclic) bond motifs is 1. The van der Waals surface area contributed by atoms with Gasteiger partial charge in [-0.2, -0.15) is 0 Å². The third kappa shape index (κ3) is 4.03. The first-order valence-corrected chi connectivity index (χ1v) is 8.83. The van der Waals surface area contributed by atoms with Crippen molar-refractivity contribution in [3.05, 3.63) is 65.7 Å². The summed E-state index contributed by atoms with van der Waals surface area (Å²) in [6.45, 7) is 3.03. The number of nitrogens with zero attached hydrogens (tertiary/aromatic N) is 1. The molecule has 0 radical (unpaired) electrons. The Bertz CT molecular complexity index is 547. The lowest BCUT2D eigenvalue weighted by atomic mass is 10.1. The second-order valence-electron chi connectivity index (χ2n) is 5.46. The van der Waals surface area contributed by atoms with Crippen LogP contribution in [0.25, 0.3) is 0 Å². The van der Waals surface area contributed by atoms with Crippen LogP contribution in [-0.2, 0) is 13.0 Å². The van der Waals surface area contributed by atoms with Gasteiger partial charge in [0.25, 0.3) is 0 Å². The summed E-state index contributed by atoms with van der Waals surface area (Å²) >= 11 is 8.00. The zero-order chi connectivity index (χ0) is 14.5. The number of rotatable bonds is 6. The van der Waals surface area contributed by atoms with E-state index in [-0.39, 0.29) is 0 Å². The molecule has 0 aliphatic carbocycles. The van der Waals surface area contributed by atoms with Crippen molar-refractivity contribution in [2.75, 3.05) is 19.0 Å². The standard InChI is InChI=1S/C18H20ClNS/c19-10-11-20(13-15-6-2-1-3-7-15)14-17-12-16-8-4-5-9-18(16)21-17/h1-9,17H,10-14H2. The lowest BCUT2D eigenvalue weighted by Gasteiger charge is -2.24. The van der Waals surface area contributed by atoms with Crippen LogP contribution in [0.1, 0.15) is 11.1 Å². The average Bonchev–Trinajstić information content (AvgIpc) is 2.90. The average molecular weight is 318 g/mol. The molecule has 1 aliphatic rings. The van der Waals surface area contributed by atoms with Gasteiger partial charge in [-0.15, -0.1) is 23.4 Å². The second-order valence-corrected chi connectivity index (χ2v) is 7.18. The van der Waals surface area contributed by atoms with Crippen molar-refractivity contribution in [2.24, 2.45) is 0 Å². The first-order valence-electron chi connectivity index (χ1n) is 7.42. The van der Waals surface area contributed by atoms with Crippen molar-refractivity contribution in [1.82, 2.24) is 4.90 Å². The van der Waals surface area contributed by atoms with Gasteiger partial charge in [0.05, 0.1) is 0 Å². The molecular weight excluding hydrogens is 298 g/mol. The Labute approximate surface area is 136 Å². The highest BCUT2D eigenvalue weighted by Gasteiger charge is 2.23. The number of benzene rings is 2. The van der Waals surface area contributed by atoms with E-state index in [9.17, 15) is 0 Å². The summed E-state index contributed by atoms with van der Waals surface area (Å²) in [6, 6.07) is 19.4. The molecule has 1 atom stereocenters. The smallest absolute Gasteiger partial charge is 0.0351 e. The molecule has 2 aromatic carbocycles. The molecule has 3 heteroatoms. The molecule has 1 heterocycles. The minimum Gasteiger partial charge on any atom is -0.297 e.